The number of hydrogen-bond donors (Lipinski definition) is 0. The molecule has 2 atom stereocenters. The van der Waals surface area contributed by atoms with Crippen LogP contribution in [0.5, 0.6) is 0 Å². The van der Waals surface area contributed by atoms with Gasteiger partial charge in [-0.05, 0) is 35.0 Å². The fourth-order valence-corrected chi connectivity index (χ4v) is 5.60. The molecule has 0 aromatic carbocycles. The van der Waals surface area contributed by atoms with Crippen molar-refractivity contribution in [2.75, 3.05) is 14.1 Å². The van der Waals surface area contributed by atoms with Crippen molar-refractivity contribution >= 4 is 28.6 Å². The van der Waals surface area contributed by atoms with Crippen LogP contribution in [-0.2, 0) is 15.1 Å². The Morgan fingerprint density at radius 3 is 2.08 bits per heavy atom. The molecule has 4 nitrogen and oxygen atoms in total. The lowest BCUT2D eigenvalue weighted by atomic mass is 9.95. The summed E-state index contributed by atoms with van der Waals surface area (Å²) in [6, 6.07) is 7.76. The summed E-state index contributed by atoms with van der Waals surface area (Å²) < 4.78 is 6.70. The summed E-state index contributed by atoms with van der Waals surface area (Å²) in [7, 11) is 4.42. The van der Waals surface area contributed by atoms with Crippen molar-refractivity contribution in [1.82, 2.24) is 0 Å². The van der Waals surface area contributed by atoms with Gasteiger partial charge in [-0.3, -0.25) is 4.79 Å². The second-order valence-electron chi connectivity index (χ2n) is 7.28. The lowest BCUT2D eigenvalue weighted by Gasteiger charge is -2.45. The minimum atomic E-state index is -1.96. The first-order chi connectivity index (χ1) is 11.9. The maximum absolute atomic E-state index is 13.6. The van der Waals surface area contributed by atoms with E-state index in [1.807, 2.05) is 10.8 Å². The van der Waals surface area contributed by atoms with Crippen molar-refractivity contribution in [1.29, 1.82) is 0 Å². The van der Waals surface area contributed by atoms with E-state index in [4.69, 9.17) is 4.74 Å². The molecule has 0 spiro atoms. The molecule has 132 valence electrons. The van der Waals surface area contributed by atoms with Crippen molar-refractivity contribution in [3.05, 3.63) is 56.9 Å². The average molecular weight is 376 g/mol. The quantitative estimate of drug-likeness (QED) is 0.469. The highest BCUT2D eigenvalue weighted by Crippen LogP contribution is 2.39. The van der Waals surface area contributed by atoms with Gasteiger partial charge in [-0.1, -0.05) is 12.1 Å². The Morgan fingerprint density at radius 2 is 1.64 bits per heavy atom. The van der Waals surface area contributed by atoms with Gasteiger partial charge in [0.15, 0.2) is 0 Å². The Bertz CT molecular complexity index is 727. The largest absolute Gasteiger partial charge is 0.833 e. The van der Waals surface area contributed by atoms with Crippen LogP contribution in [0.1, 0.15) is 22.6 Å². The first-order valence-corrected chi connectivity index (χ1v) is 10.2. The third-order valence-electron chi connectivity index (χ3n) is 5.57. The van der Waals surface area contributed by atoms with Gasteiger partial charge in [0.05, 0.1) is 19.7 Å². The second-order valence-corrected chi connectivity index (χ2v) is 9.18. The summed E-state index contributed by atoms with van der Waals surface area (Å²) in [5.74, 6) is -0.672. The predicted octanol–water partition coefficient (Wildman–Crippen LogP) is 2.50. The summed E-state index contributed by atoms with van der Waals surface area (Å²) in [4.78, 5) is 14.0. The molecule has 2 aromatic heterocycles. The Morgan fingerprint density at radius 1 is 1.12 bits per heavy atom. The lowest BCUT2D eigenvalue weighted by Crippen LogP contribution is -2.58. The third kappa shape index (κ3) is 2.68. The number of nitrogens with zero attached hydrogens (tertiary/aromatic N) is 1. The molecule has 0 aliphatic carbocycles. The predicted molar refractivity (Wildman–Crippen MR) is 97.4 cm³/mol. The van der Waals surface area contributed by atoms with E-state index < -0.39 is 11.6 Å². The van der Waals surface area contributed by atoms with Crippen molar-refractivity contribution in [2.45, 2.75) is 36.6 Å². The van der Waals surface area contributed by atoms with E-state index in [1.54, 1.807) is 24.3 Å². The summed E-state index contributed by atoms with van der Waals surface area (Å²) in [6.07, 6.45) is 5.80. The summed E-state index contributed by atoms with van der Waals surface area (Å²) in [6.45, 7) is 0. The Balaban J connectivity index is 1.57. The van der Waals surface area contributed by atoms with Crippen molar-refractivity contribution in [3.63, 3.8) is 0 Å². The molecule has 2 aliphatic rings. The number of esters is 1. The molecule has 1 saturated heterocycles. The van der Waals surface area contributed by atoms with Crippen LogP contribution in [0.3, 0.4) is 0 Å². The number of rotatable bonds is 4. The van der Waals surface area contributed by atoms with E-state index in [2.05, 4.69) is 26.2 Å². The zero-order valence-corrected chi connectivity index (χ0v) is 15.9. The van der Waals surface area contributed by atoms with Gasteiger partial charge in [0, 0.05) is 22.6 Å². The fraction of sp³-hybridized carbons (Fsp3) is 0.421. The van der Waals surface area contributed by atoms with E-state index in [0.717, 1.165) is 17.3 Å². The molecule has 4 rings (SSSR count). The molecule has 0 amide bonds. The van der Waals surface area contributed by atoms with Crippen LogP contribution in [0.15, 0.2) is 47.2 Å². The highest BCUT2D eigenvalue weighted by molar-refractivity contribution is 7.12. The van der Waals surface area contributed by atoms with Crippen LogP contribution in [-0.4, -0.2) is 42.7 Å². The Kier molecular flexibility index (Phi) is 4.11. The number of likely N-dealkylation sites (N-methyl/N-ethyl adjacent to an activating group) is 1. The number of carbonyl (C=O) groups is 1. The van der Waals surface area contributed by atoms with Gasteiger partial charge in [-0.25, -0.2) is 0 Å². The van der Waals surface area contributed by atoms with Crippen LogP contribution in [0.2, 0.25) is 0 Å². The first kappa shape index (κ1) is 17.0. The first-order valence-electron chi connectivity index (χ1n) is 8.43. The number of thiophene rings is 2. The molecule has 4 heterocycles. The molecule has 1 fully saturated rings. The third-order valence-corrected chi connectivity index (χ3v) is 7.51. The van der Waals surface area contributed by atoms with Gasteiger partial charge in [0.2, 0.25) is 0 Å². The second kappa shape index (κ2) is 6.06. The van der Waals surface area contributed by atoms with Crippen molar-refractivity contribution in [2.24, 2.45) is 0 Å². The normalized spacial score (nSPS) is 27.4. The molecular formula is C19H21NO3S2. The monoisotopic (exact) mass is 375 g/mol. The van der Waals surface area contributed by atoms with Crippen LogP contribution in [0.4, 0.5) is 0 Å². The van der Waals surface area contributed by atoms with Gasteiger partial charge in [0.1, 0.15) is 18.2 Å². The summed E-state index contributed by atoms with van der Waals surface area (Å²) in [5.41, 5.74) is -1.96. The number of ether oxygens (including phenoxy) is 1. The van der Waals surface area contributed by atoms with E-state index in [0.29, 0.717) is 21.8 Å². The van der Waals surface area contributed by atoms with E-state index in [-0.39, 0.29) is 6.10 Å². The molecule has 2 bridgehead atoms. The van der Waals surface area contributed by atoms with E-state index in [9.17, 15) is 9.90 Å². The van der Waals surface area contributed by atoms with Crippen LogP contribution in [0, 0.1) is 0 Å². The van der Waals surface area contributed by atoms with Gasteiger partial charge in [0.25, 0.3) is 0 Å². The van der Waals surface area contributed by atoms with Gasteiger partial charge in [-0.2, -0.15) is 0 Å². The minimum Gasteiger partial charge on any atom is -0.833 e. The summed E-state index contributed by atoms with van der Waals surface area (Å²) >= 11 is 2.62. The molecule has 25 heavy (non-hydrogen) atoms. The molecule has 2 aliphatic heterocycles. The van der Waals surface area contributed by atoms with Crippen molar-refractivity contribution < 1.29 is 19.1 Å². The van der Waals surface area contributed by atoms with Gasteiger partial charge < -0.3 is 14.3 Å². The zero-order chi connectivity index (χ0) is 17.7. The highest BCUT2D eigenvalue weighted by atomic mass is 32.1. The average Bonchev–Trinajstić information content (AvgIpc) is 3.29. The number of fused-ring (bicyclic) bond motifs is 2. The molecule has 2 aromatic rings. The van der Waals surface area contributed by atoms with E-state index in [1.165, 1.54) is 22.7 Å². The maximum Gasteiger partial charge on any atom is 0.306 e. The number of quaternary nitrogens is 1. The van der Waals surface area contributed by atoms with E-state index >= 15 is 0 Å². The minimum absolute atomic E-state index is 0.197. The van der Waals surface area contributed by atoms with Gasteiger partial charge >= 0.3 is 5.97 Å². The molecule has 0 N–H and O–H groups in total. The van der Waals surface area contributed by atoms with Crippen molar-refractivity contribution in [3.8, 4) is 0 Å². The molecular weight excluding hydrogens is 354 g/mol. The zero-order valence-electron chi connectivity index (χ0n) is 14.3. The number of piperidine rings is 1. The molecule has 0 saturated carbocycles. The van der Waals surface area contributed by atoms with Crippen LogP contribution < -0.4 is 5.11 Å². The number of carbonyl (C=O) groups excluding carboxylic acids is 1. The maximum atomic E-state index is 13.6. The molecule has 2 unspecified atom stereocenters. The highest BCUT2D eigenvalue weighted by Gasteiger charge is 2.47. The topological polar surface area (TPSA) is 49.4 Å². The summed E-state index contributed by atoms with van der Waals surface area (Å²) in [5, 5.41) is 17.3. The molecule has 0 radical (unpaired) electrons. The number of hydrogen-bond acceptors (Lipinski definition) is 5. The Hall–Kier alpha value is -1.47. The lowest BCUT2D eigenvalue weighted by molar-refractivity contribution is -0.926. The molecule has 6 heteroatoms. The van der Waals surface area contributed by atoms with Crippen LogP contribution in [0.25, 0.3) is 0 Å². The Labute approximate surface area is 155 Å². The van der Waals surface area contributed by atoms with Crippen LogP contribution >= 0.6 is 22.7 Å². The SMILES string of the molecule is C[N+]1(C)C2C=CC1CC(OC(=O)C([O-])(c1cccs1)c1cccs1)C2. The fourth-order valence-electron chi connectivity index (χ4n) is 3.89. The smallest absolute Gasteiger partial charge is 0.306 e. The van der Waals surface area contributed by atoms with Gasteiger partial charge in [-0.15, -0.1) is 22.7 Å². The standard InChI is InChI=1S/C19H21NO3S2/c1-20(2)13-7-8-14(20)12-15(11-13)23-18(21)19(22,16-5-3-9-24-16)17-6-4-10-25-17/h3-10,13-15H,11-12H2,1-2H3.